The molecule has 0 saturated carbocycles. The van der Waals surface area contributed by atoms with Gasteiger partial charge in [0.1, 0.15) is 18.3 Å². The number of nitrogens with zero attached hydrogens (tertiary/aromatic N) is 2. The first-order valence-electron chi connectivity index (χ1n) is 7.83. The zero-order valence-corrected chi connectivity index (χ0v) is 18.1. The van der Waals surface area contributed by atoms with E-state index in [2.05, 4.69) is 24.7 Å². The number of hydrogen-bond acceptors (Lipinski definition) is 11. The van der Waals surface area contributed by atoms with Gasteiger partial charge in [0.15, 0.2) is 11.7 Å². The first-order valence-corrected chi connectivity index (χ1v) is 12.4. The summed E-state index contributed by atoms with van der Waals surface area (Å²) >= 11 is 0. The van der Waals surface area contributed by atoms with Crippen LogP contribution in [0.4, 0.5) is 8.78 Å². The van der Waals surface area contributed by atoms with Gasteiger partial charge < -0.3 is 40.1 Å². The van der Waals surface area contributed by atoms with Crippen LogP contribution >= 0.6 is 23.5 Å². The minimum atomic E-state index is -5.88. The molecule has 7 N–H and O–H groups in total. The van der Waals surface area contributed by atoms with Crippen molar-refractivity contribution in [3.63, 3.8) is 0 Å². The van der Waals surface area contributed by atoms with Crippen molar-refractivity contribution in [2.45, 2.75) is 23.9 Å². The summed E-state index contributed by atoms with van der Waals surface area (Å²) in [6.07, 6.45) is 2.05. The molecule has 0 bridgehead atoms. The number of aliphatic hydroxyl groups excluding tert-OH is 1. The fourth-order valence-corrected chi connectivity index (χ4v) is 5.53. The number of halogens is 2. The van der Waals surface area contributed by atoms with Crippen molar-refractivity contribution in [1.29, 1.82) is 0 Å². The molecule has 0 spiro atoms. The maximum Gasteiger partial charge on any atom is 0.490 e. The standard InChI is InChI=1S/C12H16F2N3O12P3/c1-3-11(6-26-31(22,23)29-32(24,25)28-30(19,20)21)9(18)12(13,14)10(27-11)17-5-4-8(15)16-7(17)2/h1,4-5,9-10,18H,2,6H2,(H2,15,16)(H,22,23)(H,24,25)(H2,19,20,21)/t9-,10-,11-/m1/s1. The van der Waals surface area contributed by atoms with Crippen molar-refractivity contribution in [1.82, 2.24) is 4.90 Å². The normalized spacial score (nSPS) is 31.5. The molecule has 0 aromatic rings. The van der Waals surface area contributed by atoms with Gasteiger partial charge in [-0.25, -0.2) is 18.7 Å². The number of aliphatic imine (C=N–C) groups is 1. The maximum absolute atomic E-state index is 14.7. The highest BCUT2D eigenvalue weighted by Gasteiger charge is 2.68. The zero-order valence-electron chi connectivity index (χ0n) is 15.5. The monoisotopic (exact) mass is 525 g/mol. The van der Waals surface area contributed by atoms with E-state index in [1.807, 2.05) is 0 Å². The second-order valence-electron chi connectivity index (χ2n) is 6.12. The Morgan fingerprint density at radius 1 is 1.28 bits per heavy atom. The number of phosphoric acid groups is 3. The van der Waals surface area contributed by atoms with E-state index < -0.39 is 53.9 Å². The van der Waals surface area contributed by atoms with E-state index in [1.165, 1.54) is 0 Å². The number of nitrogens with two attached hydrogens (primary N) is 1. The second kappa shape index (κ2) is 8.69. The molecule has 0 radical (unpaired) electrons. The van der Waals surface area contributed by atoms with Crippen LogP contribution in [0.1, 0.15) is 0 Å². The first kappa shape index (κ1) is 26.7. The van der Waals surface area contributed by atoms with Gasteiger partial charge in [-0.3, -0.25) is 4.52 Å². The van der Waals surface area contributed by atoms with E-state index in [-0.39, 0.29) is 11.7 Å². The summed E-state index contributed by atoms with van der Waals surface area (Å²) < 4.78 is 79.6. The van der Waals surface area contributed by atoms with Gasteiger partial charge in [0, 0.05) is 6.20 Å². The number of phosphoric ester groups is 1. The van der Waals surface area contributed by atoms with Crippen LogP contribution in [0, 0.1) is 12.3 Å². The Morgan fingerprint density at radius 2 is 1.88 bits per heavy atom. The fraction of sp³-hybridized carbons (Fsp3) is 0.417. The number of amidine groups is 1. The summed E-state index contributed by atoms with van der Waals surface area (Å²) in [7, 11) is -17.3. The highest BCUT2D eigenvalue weighted by atomic mass is 31.3. The number of ether oxygens (including phenoxy) is 1. The Bertz CT molecular complexity index is 1040. The van der Waals surface area contributed by atoms with E-state index >= 15 is 0 Å². The molecule has 15 nitrogen and oxygen atoms in total. The summed E-state index contributed by atoms with van der Waals surface area (Å²) in [5.41, 5.74) is 2.60. The molecule has 20 heteroatoms. The Balaban J connectivity index is 2.23. The zero-order chi connectivity index (χ0) is 24.8. The molecular weight excluding hydrogens is 509 g/mol. The fourth-order valence-electron chi connectivity index (χ4n) is 2.48. The lowest BCUT2D eigenvalue weighted by Crippen LogP contribution is -2.50. The Kier molecular flexibility index (Phi) is 7.27. The molecule has 180 valence electrons. The van der Waals surface area contributed by atoms with Gasteiger partial charge in [-0.2, -0.15) is 17.4 Å². The predicted molar refractivity (Wildman–Crippen MR) is 98.9 cm³/mol. The lowest BCUT2D eigenvalue weighted by Gasteiger charge is -2.32. The molecule has 1 saturated heterocycles. The highest BCUT2D eigenvalue weighted by Crippen LogP contribution is 2.66. The topological polar surface area (TPSA) is 231 Å². The molecule has 2 rings (SSSR count). The molecule has 2 unspecified atom stereocenters. The van der Waals surface area contributed by atoms with Crippen molar-refractivity contribution in [2.24, 2.45) is 10.7 Å². The Morgan fingerprint density at radius 3 is 2.38 bits per heavy atom. The third kappa shape index (κ3) is 5.89. The molecule has 0 amide bonds. The van der Waals surface area contributed by atoms with Gasteiger partial charge in [-0.05, 0) is 6.08 Å². The van der Waals surface area contributed by atoms with Crippen LogP contribution < -0.4 is 5.73 Å². The number of alkyl halides is 2. The average molecular weight is 525 g/mol. The molecule has 0 aromatic carbocycles. The van der Waals surface area contributed by atoms with E-state index in [0.29, 0.717) is 4.90 Å². The third-order valence-electron chi connectivity index (χ3n) is 3.77. The van der Waals surface area contributed by atoms with Gasteiger partial charge in [0.25, 0.3) is 0 Å². The first-order chi connectivity index (χ1) is 14.3. The number of rotatable bonds is 8. The lowest BCUT2D eigenvalue weighted by atomic mass is 9.96. The van der Waals surface area contributed by atoms with Gasteiger partial charge in [0.05, 0.1) is 0 Å². The summed E-state index contributed by atoms with van der Waals surface area (Å²) in [5.74, 6) is -2.91. The Labute approximate surface area is 178 Å². The predicted octanol–water partition coefficient (Wildman–Crippen LogP) is -0.288. The molecule has 0 aliphatic carbocycles. The minimum absolute atomic E-state index is 0.0796. The van der Waals surface area contributed by atoms with Gasteiger partial charge in [-0.15, -0.1) is 6.42 Å². The second-order valence-corrected chi connectivity index (χ2v) is 10.5. The lowest BCUT2D eigenvalue weighted by molar-refractivity contribution is -0.150. The minimum Gasteiger partial charge on any atom is -0.384 e. The van der Waals surface area contributed by atoms with Crippen molar-refractivity contribution in [3.05, 3.63) is 24.7 Å². The molecule has 32 heavy (non-hydrogen) atoms. The van der Waals surface area contributed by atoms with Crippen LogP contribution in [0.3, 0.4) is 0 Å². The molecule has 2 aliphatic rings. The third-order valence-corrected chi connectivity index (χ3v) is 7.56. The van der Waals surface area contributed by atoms with Crippen LogP contribution in [0.25, 0.3) is 0 Å². The number of aliphatic hydroxyl groups is 1. The van der Waals surface area contributed by atoms with E-state index in [1.54, 1.807) is 5.92 Å². The maximum atomic E-state index is 14.7. The number of terminal acetylenes is 1. The molecular formula is C12H16F2N3O12P3. The molecule has 2 aliphatic heterocycles. The average Bonchev–Trinajstić information content (AvgIpc) is 2.78. The molecule has 2 heterocycles. The van der Waals surface area contributed by atoms with Crippen molar-refractivity contribution in [3.8, 4) is 12.3 Å². The van der Waals surface area contributed by atoms with Gasteiger partial charge in [0.2, 0.25) is 6.23 Å². The summed E-state index contributed by atoms with van der Waals surface area (Å²) in [6.45, 7) is 1.88. The van der Waals surface area contributed by atoms with Gasteiger partial charge in [-0.1, -0.05) is 12.5 Å². The smallest absolute Gasteiger partial charge is 0.384 e. The highest BCUT2D eigenvalue weighted by molar-refractivity contribution is 7.66. The summed E-state index contributed by atoms with van der Waals surface area (Å²) in [5, 5.41) is 10.1. The summed E-state index contributed by atoms with van der Waals surface area (Å²) in [6, 6.07) is 0. The van der Waals surface area contributed by atoms with Crippen LogP contribution in [0.2, 0.25) is 0 Å². The van der Waals surface area contributed by atoms with Crippen molar-refractivity contribution >= 4 is 29.3 Å². The number of hydrogen-bond donors (Lipinski definition) is 6. The van der Waals surface area contributed by atoms with E-state index in [9.17, 15) is 32.5 Å². The SMILES string of the molecule is C#C[C@]1(COP(=O)(O)OP(=O)(O)OP(=O)(O)O)O[C@@H](N2C=CC(N)=NC2=C)C(F)(F)[C@@H]1O. The van der Waals surface area contributed by atoms with Crippen molar-refractivity contribution in [2.75, 3.05) is 6.61 Å². The molecule has 0 aromatic heterocycles. The molecule has 1 fully saturated rings. The van der Waals surface area contributed by atoms with E-state index in [0.717, 1.165) is 12.3 Å². The quantitative estimate of drug-likeness (QED) is 0.177. The van der Waals surface area contributed by atoms with Crippen LogP contribution in [0.5, 0.6) is 0 Å². The van der Waals surface area contributed by atoms with Crippen LogP contribution in [-0.2, 0) is 31.6 Å². The van der Waals surface area contributed by atoms with Crippen LogP contribution in [0.15, 0.2) is 29.7 Å². The van der Waals surface area contributed by atoms with E-state index in [4.69, 9.17) is 31.6 Å². The van der Waals surface area contributed by atoms with Crippen LogP contribution in [-0.4, -0.2) is 65.9 Å². The summed E-state index contributed by atoms with van der Waals surface area (Å²) in [4.78, 5) is 39.9. The Hall–Kier alpha value is -1.50. The van der Waals surface area contributed by atoms with Gasteiger partial charge >= 0.3 is 29.4 Å². The molecule has 5 atom stereocenters. The largest absolute Gasteiger partial charge is 0.490 e. The van der Waals surface area contributed by atoms with Crippen molar-refractivity contribution < 1.29 is 65.0 Å².